The molecule has 0 aromatic heterocycles. The van der Waals surface area contributed by atoms with Crippen LogP contribution in [0.4, 0.5) is 0 Å². The second-order valence-electron chi connectivity index (χ2n) is 3.59. The number of rotatable bonds is 3. The van der Waals surface area contributed by atoms with Crippen LogP contribution in [0.25, 0.3) is 0 Å². The molecule has 0 atom stereocenters. The SMILES string of the molecule is CC(=O)[O-].CC(=O)[O-].CN(C)CCN(C)C.[Zn+2]. The first-order chi connectivity index (χ1) is 7.09. The molecule has 0 saturated carbocycles. The minimum absolute atomic E-state index is 0. The van der Waals surface area contributed by atoms with Gasteiger partial charge in [0.15, 0.2) is 0 Å². The summed E-state index contributed by atoms with van der Waals surface area (Å²) in [7, 11) is 8.35. The predicted octanol–water partition coefficient (Wildman–Crippen LogP) is -2.38. The molecule has 0 spiro atoms. The van der Waals surface area contributed by atoms with Crippen molar-refractivity contribution in [3.63, 3.8) is 0 Å². The van der Waals surface area contributed by atoms with Crippen LogP contribution in [0.3, 0.4) is 0 Å². The number of nitrogens with zero attached hydrogens (tertiary/aromatic N) is 2. The van der Waals surface area contributed by atoms with Crippen molar-refractivity contribution in [3.05, 3.63) is 0 Å². The molecular formula is C10H22N2O4Zn. The van der Waals surface area contributed by atoms with E-state index in [0.717, 1.165) is 26.9 Å². The maximum atomic E-state index is 8.89. The molecule has 7 heteroatoms. The van der Waals surface area contributed by atoms with E-state index in [1.54, 1.807) is 0 Å². The largest absolute Gasteiger partial charge is 2.00 e. The van der Waals surface area contributed by atoms with E-state index in [1.165, 1.54) is 0 Å². The molecule has 0 N–H and O–H groups in total. The zero-order valence-corrected chi connectivity index (χ0v) is 14.6. The van der Waals surface area contributed by atoms with Crippen molar-refractivity contribution >= 4 is 11.9 Å². The van der Waals surface area contributed by atoms with Crippen molar-refractivity contribution in [1.29, 1.82) is 0 Å². The Kier molecular flexibility index (Phi) is 26.6. The molecule has 17 heavy (non-hydrogen) atoms. The Hall–Kier alpha value is -0.517. The summed E-state index contributed by atoms with van der Waals surface area (Å²) in [5, 5.41) is 17.8. The first-order valence-electron chi connectivity index (χ1n) is 4.74. The van der Waals surface area contributed by atoms with Crippen molar-refractivity contribution in [2.75, 3.05) is 41.3 Å². The summed E-state index contributed by atoms with van der Waals surface area (Å²) >= 11 is 0. The topological polar surface area (TPSA) is 86.7 Å². The number of carboxylic acids is 2. The van der Waals surface area contributed by atoms with E-state index in [4.69, 9.17) is 19.8 Å². The average molecular weight is 300 g/mol. The van der Waals surface area contributed by atoms with Gasteiger partial charge in [0.25, 0.3) is 0 Å². The summed E-state index contributed by atoms with van der Waals surface area (Å²) in [4.78, 5) is 22.1. The minimum atomic E-state index is -1.08. The molecule has 0 heterocycles. The Labute approximate surface area is 116 Å². The van der Waals surface area contributed by atoms with Gasteiger partial charge in [-0.2, -0.15) is 0 Å². The maximum Gasteiger partial charge on any atom is 2.00 e. The third-order valence-corrected chi connectivity index (χ3v) is 0.994. The van der Waals surface area contributed by atoms with Gasteiger partial charge in [-0.05, 0) is 42.0 Å². The van der Waals surface area contributed by atoms with Gasteiger partial charge >= 0.3 is 19.5 Å². The maximum absolute atomic E-state index is 8.89. The molecule has 6 nitrogen and oxygen atoms in total. The van der Waals surface area contributed by atoms with Gasteiger partial charge < -0.3 is 29.6 Å². The van der Waals surface area contributed by atoms with Crippen molar-refractivity contribution in [2.45, 2.75) is 13.8 Å². The van der Waals surface area contributed by atoms with E-state index in [0.29, 0.717) is 0 Å². The number of aliphatic carboxylic acids is 2. The van der Waals surface area contributed by atoms with Gasteiger partial charge in [-0.25, -0.2) is 0 Å². The molecule has 0 radical (unpaired) electrons. The quantitative estimate of drug-likeness (QED) is 0.541. The molecule has 0 saturated heterocycles. The van der Waals surface area contributed by atoms with Crippen molar-refractivity contribution < 1.29 is 39.3 Å². The summed E-state index contributed by atoms with van der Waals surface area (Å²) in [6.07, 6.45) is 0. The number of carboxylic acid groups (broad SMARTS) is 2. The molecule has 0 fully saturated rings. The van der Waals surface area contributed by atoms with Crippen LogP contribution in [0, 0.1) is 0 Å². The molecule has 0 amide bonds. The van der Waals surface area contributed by atoms with Crippen LogP contribution in [-0.2, 0) is 29.1 Å². The Morgan fingerprint density at radius 3 is 1.00 bits per heavy atom. The molecule has 0 aliphatic rings. The number of carbonyl (C=O) groups is 2. The fourth-order valence-electron chi connectivity index (χ4n) is 0.400. The number of carbonyl (C=O) groups excluding carboxylic acids is 2. The van der Waals surface area contributed by atoms with Gasteiger partial charge in [-0.3, -0.25) is 0 Å². The van der Waals surface area contributed by atoms with Gasteiger partial charge in [0, 0.05) is 25.0 Å². The Morgan fingerprint density at radius 2 is 0.941 bits per heavy atom. The van der Waals surface area contributed by atoms with E-state index in [2.05, 4.69) is 38.0 Å². The summed E-state index contributed by atoms with van der Waals surface area (Å²) in [6.45, 7) is 4.24. The zero-order valence-electron chi connectivity index (χ0n) is 11.6. The van der Waals surface area contributed by atoms with Crippen LogP contribution in [0.1, 0.15) is 13.8 Å². The summed E-state index contributed by atoms with van der Waals surface area (Å²) in [5.41, 5.74) is 0. The Bertz CT molecular complexity index is 159. The van der Waals surface area contributed by atoms with Crippen molar-refractivity contribution in [3.8, 4) is 0 Å². The first-order valence-corrected chi connectivity index (χ1v) is 4.74. The molecule has 0 aliphatic heterocycles. The normalized spacial score (nSPS) is 8.24. The van der Waals surface area contributed by atoms with E-state index in [-0.39, 0.29) is 19.5 Å². The monoisotopic (exact) mass is 298 g/mol. The summed E-state index contributed by atoms with van der Waals surface area (Å²) < 4.78 is 0. The molecule has 0 aromatic carbocycles. The number of hydrogen-bond donors (Lipinski definition) is 0. The van der Waals surface area contributed by atoms with Crippen molar-refractivity contribution in [2.24, 2.45) is 0 Å². The summed E-state index contributed by atoms with van der Waals surface area (Å²) in [6, 6.07) is 0. The van der Waals surface area contributed by atoms with Crippen LogP contribution < -0.4 is 10.2 Å². The standard InChI is InChI=1S/C6H16N2.2C2H4O2.Zn/c1-7(2)5-6-8(3)4;2*1-2(3)4;/h5-6H2,1-4H3;2*1H3,(H,3,4);/q;;;+2/p-2. The zero-order chi connectivity index (χ0) is 13.7. The Balaban J connectivity index is -0.0000000806. The third-order valence-electron chi connectivity index (χ3n) is 0.994. The molecule has 98 valence electrons. The van der Waals surface area contributed by atoms with Crippen LogP contribution in [0.2, 0.25) is 0 Å². The predicted molar refractivity (Wildman–Crippen MR) is 58.5 cm³/mol. The van der Waals surface area contributed by atoms with E-state index < -0.39 is 11.9 Å². The van der Waals surface area contributed by atoms with Gasteiger partial charge in [-0.1, -0.05) is 0 Å². The van der Waals surface area contributed by atoms with Gasteiger partial charge in [0.05, 0.1) is 0 Å². The molecule has 0 unspecified atom stereocenters. The Morgan fingerprint density at radius 1 is 0.824 bits per heavy atom. The summed E-state index contributed by atoms with van der Waals surface area (Å²) in [5.74, 6) is -2.17. The molecule has 0 aromatic rings. The van der Waals surface area contributed by atoms with Crippen LogP contribution in [0.15, 0.2) is 0 Å². The van der Waals surface area contributed by atoms with E-state index >= 15 is 0 Å². The van der Waals surface area contributed by atoms with E-state index in [1.807, 2.05) is 0 Å². The molecule has 0 bridgehead atoms. The third kappa shape index (κ3) is 140. The second kappa shape index (κ2) is 17.9. The molecular weight excluding hydrogens is 278 g/mol. The van der Waals surface area contributed by atoms with Crippen LogP contribution >= 0.6 is 0 Å². The number of hydrogen-bond acceptors (Lipinski definition) is 6. The first kappa shape index (κ1) is 25.4. The van der Waals surface area contributed by atoms with Crippen LogP contribution in [-0.4, -0.2) is 63.0 Å². The second-order valence-corrected chi connectivity index (χ2v) is 3.59. The fraction of sp³-hybridized carbons (Fsp3) is 0.800. The fourth-order valence-corrected chi connectivity index (χ4v) is 0.400. The number of likely N-dealkylation sites (N-methyl/N-ethyl adjacent to an activating group) is 2. The van der Waals surface area contributed by atoms with Gasteiger partial charge in [-0.15, -0.1) is 0 Å². The van der Waals surface area contributed by atoms with Crippen LogP contribution in [0.5, 0.6) is 0 Å². The average Bonchev–Trinajstić information content (AvgIpc) is 1.98. The molecule has 0 rings (SSSR count). The van der Waals surface area contributed by atoms with Gasteiger partial charge in [0.2, 0.25) is 0 Å². The molecule has 0 aliphatic carbocycles. The van der Waals surface area contributed by atoms with E-state index in [9.17, 15) is 0 Å². The minimum Gasteiger partial charge on any atom is -0.550 e. The van der Waals surface area contributed by atoms with Gasteiger partial charge in [0.1, 0.15) is 0 Å². The van der Waals surface area contributed by atoms with Crippen molar-refractivity contribution in [1.82, 2.24) is 9.80 Å². The smallest absolute Gasteiger partial charge is 0.550 e.